The van der Waals surface area contributed by atoms with E-state index in [1.54, 1.807) is 18.3 Å². The molecule has 6 heteroatoms. The molecule has 0 fully saturated rings. The zero-order chi connectivity index (χ0) is 8.97. The Morgan fingerprint density at radius 3 is 3.00 bits per heavy atom. The van der Waals surface area contributed by atoms with Crippen molar-refractivity contribution in [2.75, 3.05) is 0 Å². The highest BCUT2D eigenvalue weighted by Gasteiger charge is 2.07. The summed E-state index contributed by atoms with van der Waals surface area (Å²) in [6, 6.07) is 3.16. The lowest BCUT2D eigenvalue weighted by molar-refractivity contribution is 0.156. The van der Waals surface area contributed by atoms with Crippen LogP contribution in [0.2, 0.25) is 0 Å². The van der Waals surface area contributed by atoms with E-state index in [4.69, 9.17) is 11.9 Å². The molecule has 0 aliphatic carbocycles. The van der Waals surface area contributed by atoms with E-state index < -0.39 is 6.16 Å². The highest BCUT2D eigenvalue weighted by molar-refractivity contribution is 9.10. The average molecular weight is 252 g/mol. The lowest BCUT2D eigenvalue weighted by atomic mass is 10.5. The number of hydrogen-bond acceptors (Lipinski definition) is 4. The first-order chi connectivity index (χ1) is 5.74. The van der Waals surface area contributed by atoms with Crippen LogP contribution in [0.15, 0.2) is 22.9 Å². The van der Waals surface area contributed by atoms with Gasteiger partial charge in [-0.2, -0.15) is 0 Å². The minimum atomic E-state index is -0.995. The van der Waals surface area contributed by atoms with Crippen LogP contribution in [0.3, 0.4) is 0 Å². The maximum absolute atomic E-state index is 10.5. The highest BCUT2D eigenvalue weighted by atomic mass is 79.9. The van der Waals surface area contributed by atoms with E-state index in [0.29, 0.717) is 4.60 Å². The molecule has 0 amide bonds. The number of rotatable bonds is 1. The third-order valence-corrected chi connectivity index (χ3v) is 1.70. The summed E-state index contributed by atoms with van der Waals surface area (Å²) < 4.78 is 8.77. The van der Waals surface area contributed by atoms with E-state index >= 15 is 0 Å². The van der Waals surface area contributed by atoms with E-state index in [9.17, 15) is 4.79 Å². The van der Waals surface area contributed by atoms with Gasteiger partial charge in [0.1, 0.15) is 16.5 Å². The topological polar surface area (TPSA) is 48.4 Å². The first-order valence-corrected chi connectivity index (χ1v) is 3.95. The summed E-state index contributed by atoms with van der Waals surface area (Å²) >= 11 is 7.81. The van der Waals surface area contributed by atoms with Crippen molar-refractivity contribution in [2.45, 2.75) is 0 Å². The van der Waals surface area contributed by atoms with Crippen LogP contribution in [0.4, 0.5) is 4.79 Å². The van der Waals surface area contributed by atoms with Crippen LogP contribution in [-0.2, 0) is 4.29 Å². The molecule has 0 aliphatic rings. The number of pyridine rings is 1. The fraction of sp³-hybridized carbons (Fsp3) is 0. The lowest BCUT2D eigenvalue weighted by Crippen LogP contribution is -2.05. The van der Waals surface area contributed by atoms with Gasteiger partial charge in [-0.15, -0.1) is 0 Å². The van der Waals surface area contributed by atoms with Gasteiger partial charge < -0.3 is 9.03 Å². The van der Waals surface area contributed by atoms with Crippen LogP contribution >= 0.6 is 27.8 Å². The molecule has 12 heavy (non-hydrogen) atoms. The molecule has 1 aromatic rings. The van der Waals surface area contributed by atoms with Gasteiger partial charge in [-0.1, -0.05) is 0 Å². The van der Waals surface area contributed by atoms with Crippen molar-refractivity contribution in [3.05, 3.63) is 22.9 Å². The van der Waals surface area contributed by atoms with Gasteiger partial charge in [0.15, 0.2) is 5.75 Å². The van der Waals surface area contributed by atoms with Crippen molar-refractivity contribution in [2.24, 2.45) is 0 Å². The Balaban J connectivity index is 2.75. The largest absolute Gasteiger partial charge is 0.532 e. The third-order valence-electron chi connectivity index (χ3n) is 0.981. The Kier molecular flexibility index (Phi) is 3.31. The normalized spacial score (nSPS) is 9.17. The molecule has 0 atom stereocenters. The Morgan fingerprint density at radius 1 is 1.67 bits per heavy atom. The van der Waals surface area contributed by atoms with E-state index in [2.05, 4.69) is 29.9 Å². The summed E-state index contributed by atoms with van der Waals surface area (Å²) in [4.78, 5) is 14.3. The number of nitrogens with zero attached hydrogens (tertiary/aromatic N) is 1. The summed E-state index contributed by atoms with van der Waals surface area (Å²) in [6.07, 6.45) is 0.550. The second-order valence-corrected chi connectivity index (χ2v) is 2.63. The molecule has 1 rings (SSSR count). The van der Waals surface area contributed by atoms with Crippen LogP contribution in [-0.4, -0.2) is 11.1 Å². The lowest BCUT2D eigenvalue weighted by Gasteiger charge is -2.00. The van der Waals surface area contributed by atoms with E-state index in [0.717, 1.165) is 0 Å². The van der Waals surface area contributed by atoms with E-state index in [-0.39, 0.29) is 5.75 Å². The SMILES string of the molecule is O=C(OCl)Oc1cccnc1Br. The maximum Gasteiger partial charge on any atom is 0.532 e. The van der Waals surface area contributed by atoms with Gasteiger partial charge in [-0.05, 0) is 28.1 Å². The number of ether oxygens (including phenoxy) is 1. The number of aromatic nitrogens is 1. The molecule has 0 N–H and O–H groups in total. The van der Waals surface area contributed by atoms with Crippen molar-refractivity contribution >= 4 is 34.0 Å². The Hall–Kier alpha value is -0.810. The number of hydrogen-bond donors (Lipinski definition) is 0. The molecule has 0 aromatic carbocycles. The van der Waals surface area contributed by atoms with Crippen molar-refractivity contribution in [3.63, 3.8) is 0 Å². The van der Waals surface area contributed by atoms with E-state index in [1.807, 2.05) is 0 Å². The molecular weight excluding hydrogens is 249 g/mol. The monoisotopic (exact) mass is 251 g/mol. The van der Waals surface area contributed by atoms with Crippen LogP contribution in [0.1, 0.15) is 0 Å². The Morgan fingerprint density at radius 2 is 2.42 bits per heavy atom. The highest BCUT2D eigenvalue weighted by Crippen LogP contribution is 2.21. The number of carbonyl (C=O) groups excluding carboxylic acids is 1. The van der Waals surface area contributed by atoms with Crippen LogP contribution < -0.4 is 4.74 Å². The molecule has 0 unspecified atom stereocenters. The van der Waals surface area contributed by atoms with Crippen molar-refractivity contribution < 1.29 is 13.8 Å². The van der Waals surface area contributed by atoms with Crippen molar-refractivity contribution in [3.8, 4) is 5.75 Å². The molecule has 1 heterocycles. The predicted octanol–water partition coefficient (Wildman–Crippen LogP) is 2.51. The summed E-state index contributed by atoms with van der Waals surface area (Å²) in [5, 5.41) is 0. The van der Waals surface area contributed by atoms with E-state index in [1.165, 1.54) is 0 Å². The minimum absolute atomic E-state index is 0.253. The average Bonchev–Trinajstić information content (AvgIpc) is 2.09. The van der Waals surface area contributed by atoms with Gasteiger partial charge in [0.25, 0.3) is 0 Å². The fourth-order valence-corrected chi connectivity index (χ4v) is 0.916. The number of carbonyl (C=O) groups is 1. The first kappa shape index (κ1) is 9.28. The molecule has 1 aromatic heterocycles. The first-order valence-electron chi connectivity index (χ1n) is 2.85. The molecule has 0 radical (unpaired) electrons. The smallest absolute Gasteiger partial charge is 0.391 e. The zero-order valence-corrected chi connectivity index (χ0v) is 8.00. The molecule has 64 valence electrons. The van der Waals surface area contributed by atoms with Crippen LogP contribution in [0.5, 0.6) is 5.75 Å². The van der Waals surface area contributed by atoms with Crippen LogP contribution in [0, 0.1) is 0 Å². The molecule has 0 spiro atoms. The zero-order valence-electron chi connectivity index (χ0n) is 5.66. The Labute approximate surface area is 81.7 Å². The summed E-state index contributed by atoms with van der Waals surface area (Å²) in [6.45, 7) is 0. The maximum atomic E-state index is 10.5. The summed E-state index contributed by atoms with van der Waals surface area (Å²) in [5.41, 5.74) is 0. The van der Waals surface area contributed by atoms with Gasteiger partial charge in [-0.25, -0.2) is 9.78 Å². The van der Waals surface area contributed by atoms with Crippen LogP contribution in [0.25, 0.3) is 0 Å². The second-order valence-electron chi connectivity index (χ2n) is 1.72. The molecule has 0 saturated carbocycles. The van der Waals surface area contributed by atoms with Gasteiger partial charge in [0.2, 0.25) is 0 Å². The van der Waals surface area contributed by atoms with Gasteiger partial charge >= 0.3 is 6.16 Å². The van der Waals surface area contributed by atoms with Crippen molar-refractivity contribution in [1.82, 2.24) is 4.98 Å². The molecule has 0 bridgehead atoms. The summed E-state index contributed by atoms with van der Waals surface area (Å²) in [5.74, 6) is 0.253. The van der Waals surface area contributed by atoms with Crippen molar-refractivity contribution in [1.29, 1.82) is 0 Å². The third kappa shape index (κ3) is 2.35. The standard InChI is InChI=1S/C6H3BrClNO3/c7-5-4(2-1-3-9-5)11-6(10)12-8/h1-3H. The van der Waals surface area contributed by atoms with Gasteiger partial charge in [-0.3, -0.25) is 0 Å². The molecule has 0 aliphatic heterocycles. The Bertz CT molecular complexity index is 294. The quantitative estimate of drug-likeness (QED) is 0.569. The fourth-order valence-electron chi connectivity index (χ4n) is 0.553. The van der Waals surface area contributed by atoms with Gasteiger partial charge in [0.05, 0.1) is 0 Å². The second kappa shape index (κ2) is 4.27. The minimum Gasteiger partial charge on any atom is -0.391 e. The predicted molar refractivity (Wildman–Crippen MR) is 44.9 cm³/mol. The summed E-state index contributed by atoms with van der Waals surface area (Å²) in [7, 11) is 0. The molecule has 4 nitrogen and oxygen atoms in total. The molecule has 0 saturated heterocycles. The number of halogens is 2. The van der Waals surface area contributed by atoms with Gasteiger partial charge in [0, 0.05) is 6.20 Å². The molecular formula is C6H3BrClNO3.